The lowest BCUT2D eigenvalue weighted by Gasteiger charge is -2.12. The van der Waals surface area contributed by atoms with Gasteiger partial charge in [-0.15, -0.1) is 5.10 Å². The molecule has 1 aliphatic rings. The highest BCUT2D eigenvalue weighted by Crippen LogP contribution is 2.19. The van der Waals surface area contributed by atoms with Crippen LogP contribution in [0, 0.1) is 0 Å². The number of aromatic nitrogens is 2. The van der Waals surface area contributed by atoms with E-state index in [1.807, 2.05) is 5.38 Å². The van der Waals surface area contributed by atoms with Crippen molar-refractivity contribution in [3.8, 4) is 0 Å². The van der Waals surface area contributed by atoms with Gasteiger partial charge in [-0.1, -0.05) is 20.4 Å². The fourth-order valence-electron chi connectivity index (χ4n) is 1.31. The molecule has 1 aliphatic heterocycles. The lowest BCUT2D eigenvalue weighted by atomic mass is 10.4. The van der Waals surface area contributed by atoms with Gasteiger partial charge in [0.1, 0.15) is 0 Å². The molecule has 1 saturated heterocycles. The number of likely N-dealkylation sites (tertiary alicyclic amines) is 1. The smallest absolute Gasteiger partial charge is 0.236 e. The zero-order valence-electron chi connectivity index (χ0n) is 6.81. The molecule has 0 bridgehead atoms. The number of hydrogen-bond acceptors (Lipinski definition) is 4. The Kier molecular flexibility index (Phi) is 2.59. The average molecular weight is 262 g/mol. The Labute approximate surface area is 88.2 Å². The highest BCUT2D eigenvalue weighted by atomic mass is 79.9. The predicted molar refractivity (Wildman–Crippen MR) is 52.7 cm³/mol. The summed E-state index contributed by atoms with van der Waals surface area (Å²) in [5.41, 5.74) is 0.875. The molecule has 0 N–H and O–H groups in total. The largest absolute Gasteiger partial charge is 0.336 e. The molecule has 70 valence electrons. The number of halogens is 1. The highest BCUT2D eigenvalue weighted by Gasteiger charge is 2.29. The summed E-state index contributed by atoms with van der Waals surface area (Å²) in [6, 6.07) is 0. The number of alkyl halides is 1. The van der Waals surface area contributed by atoms with Crippen molar-refractivity contribution in [2.45, 2.75) is 17.8 Å². The highest BCUT2D eigenvalue weighted by molar-refractivity contribution is 9.10. The fraction of sp³-hybridized carbons (Fsp3) is 0.571. The number of nitrogens with zero attached hydrogens (tertiary/aromatic N) is 3. The molecule has 6 heteroatoms. The van der Waals surface area contributed by atoms with E-state index in [0.717, 1.165) is 18.7 Å². The predicted octanol–water partition coefficient (Wildman–Crippen LogP) is 1.03. The zero-order chi connectivity index (χ0) is 9.26. The summed E-state index contributed by atoms with van der Waals surface area (Å²) in [4.78, 5) is 13.3. The summed E-state index contributed by atoms with van der Waals surface area (Å²) >= 11 is 4.64. The van der Waals surface area contributed by atoms with Crippen LogP contribution in [0.5, 0.6) is 0 Å². The maximum Gasteiger partial charge on any atom is 0.236 e. The van der Waals surface area contributed by atoms with Gasteiger partial charge in [0, 0.05) is 11.9 Å². The molecule has 0 radical (unpaired) electrons. The molecule has 0 saturated carbocycles. The molecule has 1 atom stereocenters. The Hall–Kier alpha value is -0.490. The third-order valence-corrected chi connectivity index (χ3v) is 3.39. The first-order chi connectivity index (χ1) is 6.27. The van der Waals surface area contributed by atoms with Crippen molar-refractivity contribution in [2.75, 3.05) is 6.54 Å². The van der Waals surface area contributed by atoms with Crippen molar-refractivity contribution in [3.05, 3.63) is 11.1 Å². The van der Waals surface area contributed by atoms with Crippen LogP contribution in [0.2, 0.25) is 0 Å². The molecule has 2 heterocycles. The summed E-state index contributed by atoms with van der Waals surface area (Å²) in [7, 11) is 0. The van der Waals surface area contributed by atoms with Crippen LogP contribution in [0.3, 0.4) is 0 Å². The van der Waals surface area contributed by atoms with Crippen LogP contribution in [0.25, 0.3) is 0 Å². The third kappa shape index (κ3) is 1.88. The molecule has 2 rings (SSSR count). The number of carbonyl (C=O) groups excluding carboxylic acids is 1. The van der Waals surface area contributed by atoms with Gasteiger partial charge in [0.25, 0.3) is 0 Å². The van der Waals surface area contributed by atoms with Crippen molar-refractivity contribution in [1.29, 1.82) is 0 Å². The van der Waals surface area contributed by atoms with Crippen molar-refractivity contribution in [3.63, 3.8) is 0 Å². The van der Waals surface area contributed by atoms with Crippen LogP contribution in [0.1, 0.15) is 12.1 Å². The lowest BCUT2D eigenvalue weighted by Crippen LogP contribution is -2.27. The minimum Gasteiger partial charge on any atom is -0.336 e. The second-order valence-corrected chi connectivity index (χ2v) is 4.63. The molecule has 1 unspecified atom stereocenters. The van der Waals surface area contributed by atoms with Crippen LogP contribution in [0.4, 0.5) is 0 Å². The summed E-state index contributed by atoms with van der Waals surface area (Å²) in [5, 5.41) is 5.77. The van der Waals surface area contributed by atoms with E-state index in [0.29, 0.717) is 6.54 Å². The first-order valence-electron chi connectivity index (χ1n) is 3.96. The molecule has 1 aromatic heterocycles. The van der Waals surface area contributed by atoms with Crippen molar-refractivity contribution in [1.82, 2.24) is 14.5 Å². The van der Waals surface area contributed by atoms with E-state index in [2.05, 4.69) is 25.5 Å². The normalized spacial score (nSPS) is 22.7. The zero-order valence-corrected chi connectivity index (χ0v) is 9.21. The molecule has 0 aromatic carbocycles. The fourth-order valence-corrected chi connectivity index (χ4v) is 2.24. The molecule has 1 fully saturated rings. The van der Waals surface area contributed by atoms with Gasteiger partial charge in [-0.05, 0) is 18.0 Å². The summed E-state index contributed by atoms with van der Waals surface area (Å²) in [6.45, 7) is 1.41. The molecule has 0 spiro atoms. The van der Waals surface area contributed by atoms with Crippen LogP contribution in [0.15, 0.2) is 5.38 Å². The van der Waals surface area contributed by atoms with Crippen LogP contribution in [-0.4, -0.2) is 31.8 Å². The van der Waals surface area contributed by atoms with E-state index in [4.69, 9.17) is 0 Å². The Morgan fingerprint density at radius 3 is 3.15 bits per heavy atom. The topological polar surface area (TPSA) is 46.1 Å². The molecular weight excluding hydrogens is 254 g/mol. The van der Waals surface area contributed by atoms with E-state index in [1.165, 1.54) is 11.5 Å². The Bertz CT molecular complexity index is 303. The Morgan fingerprint density at radius 1 is 1.77 bits per heavy atom. The summed E-state index contributed by atoms with van der Waals surface area (Å²) in [6.07, 6.45) is 0.885. The lowest BCUT2D eigenvalue weighted by molar-refractivity contribution is -0.127. The van der Waals surface area contributed by atoms with Gasteiger partial charge in [0.15, 0.2) is 0 Å². The third-order valence-electron chi connectivity index (χ3n) is 1.99. The van der Waals surface area contributed by atoms with Crippen molar-refractivity contribution < 1.29 is 4.79 Å². The summed E-state index contributed by atoms with van der Waals surface area (Å²) < 4.78 is 3.75. The average Bonchev–Trinajstić information content (AvgIpc) is 2.71. The van der Waals surface area contributed by atoms with E-state index in [9.17, 15) is 4.79 Å². The first kappa shape index (κ1) is 9.08. The molecule has 13 heavy (non-hydrogen) atoms. The van der Waals surface area contributed by atoms with Gasteiger partial charge in [0.2, 0.25) is 5.91 Å². The Balaban J connectivity index is 2.00. The molecule has 0 aliphatic carbocycles. The van der Waals surface area contributed by atoms with Crippen LogP contribution < -0.4 is 0 Å². The van der Waals surface area contributed by atoms with E-state index < -0.39 is 0 Å². The number of carbonyl (C=O) groups is 1. The number of hydrogen-bond donors (Lipinski definition) is 0. The van der Waals surface area contributed by atoms with E-state index in [1.54, 1.807) is 4.90 Å². The maximum absolute atomic E-state index is 11.5. The van der Waals surface area contributed by atoms with Gasteiger partial charge >= 0.3 is 0 Å². The second kappa shape index (κ2) is 3.71. The van der Waals surface area contributed by atoms with Gasteiger partial charge in [0.05, 0.1) is 17.1 Å². The molecule has 1 amide bonds. The molecular formula is C7H8BrN3OS. The monoisotopic (exact) mass is 261 g/mol. The van der Waals surface area contributed by atoms with Crippen molar-refractivity contribution in [2.24, 2.45) is 0 Å². The minimum absolute atomic E-state index is 0.000838. The van der Waals surface area contributed by atoms with Crippen molar-refractivity contribution >= 4 is 33.4 Å². The quantitative estimate of drug-likeness (QED) is 0.748. The van der Waals surface area contributed by atoms with Gasteiger partial charge in [-0.3, -0.25) is 4.79 Å². The second-order valence-electron chi connectivity index (χ2n) is 2.91. The van der Waals surface area contributed by atoms with E-state index in [-0.39, 0.29) is 10.7 Å². The van der Waals surface area contributed by atoms with Crippen LogP contribution >= 0.6 is 27.5 Å². The summed E-state index contributed by atoms with van der Waals surface area (Å²) in [5.74, 6) is 0.160. The first-order valence-corrected chi connectivity index (χ1v) is 5.71. The van der Waals surface area contributed by atoms with Gasteiger partial charge in [-0.25, -0.2) is 0 Å². The molecule has 4 nitrogen and oxygen atoms in total. The van der Waals surface area contributed by atoms with Gasteiger partial charge < -0.3 is 4.90 Å². The standard InChI is InChI=1S/C7H8BrN3OS/c8-6-1-2-11(7(6)12)3-5-4-13-10-9-5/h4,6H,1-3H2. The maximum atomic E-state index is 11.5. The number of rotatable bonds is 2. The molecule has 1 aromatic rings. The van der Waals surface area contributed by atoms with E-state index >= 15 is 0 Å². The number of amides is 1. The van der Waals surface area contributed by atoms with Gasteiger partial charge in [-0.2, -0.15) is 0 Å². The SMILES string of the molecule is O=C1C(Br)CCN1Cc1csnn1. The minimum atomic E-state index is -0.000838. The Morgan fingerprint density at radius 2 is 2.62 bits per heavy atom. The van der Waals surface area contributed by atoms with Crippen LogP contribution in [-0.2, 0) is 11.3 Å².